The van der Waals surface area contributed by atoms with Crippen LogP contribution in [0.15, 0.2) is 53.6 Å². The molecule has 0 unspecified atom stereocenters. The molecule has 2 aliphatic rings. The molecule has 0 aromatic heterocycles. The smallest absolute Gasteiger partial charge is 0.192 e. The second-order valence-corrected chi connectivity index (χ2v) is 17.8. The summed E-state index contributed by atoms with van der Waals surface area (Å²) in [5.74, 6) is -0.539. The molecule has 1 aromatic carbocycles. The van der Waals surface area contributed by atoms with Gasteiger partial charge in [-0.05, 0) is 69.8 Å². The third-order valence-electron chi connectivity index (χ3n) is 9.13. The fraction of sp³-hybridized carbons (Fsp3) is 0.677. The van der Waals surface area contributed by atoms with Gasteiger partial charge in [0.25, 0.3) is 0 Å². The van der Waals surface area contributed by atoms with Crippen molar-refractivity contribution in [1.82, 2.24) is 0 Å². The largest absolute Gasteiger partial charge is 0.416 e. The molecule has 1 aromatic rings. The summed E-state index contributed by atoms with van der Waals surface area (Å²) in [6, 6.07) is 10.5. The van der Waals surface area contributed by atoms with E-state index in [0.29, 0.717) is 26.4 Å². The van der Waals surface area contributed by atoms with Crippen LogP contribution in [0.5, 0.6) is 0 Å². The minimum Gasteiger partial charge on any atom is -0.416 e. The zero-order valence-electron chi connectivity index (χ0n) is 24.5. The van der Waals surface area contributed by atoms with Crippen molar-refractivity contribution in [2.45, 2.75) is 105 Å². The van der Waals surface area contributed by atoms with Crippen LogP contribution in [0.4, 0.5) is 0 Å². The van der Waals surface area contributed by atoms with Gasteiger partial charge in [0.1, 0.15) is 6.10 Å². The SMILES string of the molecule is C/C=C/[C@]1(COCc2ccccc2)CCC([C@@H]2COC(C)(C)O2)=C(C)[C@]1(C)CO[Si](C)(C)C(C)(C)C. The highest BCUT2D eigenvalue weighted by atomic mass is 28.4. The molecule has 0 saturated carbocycles. The molecular formula is C31H50O4Si. The first kappa shape index (κ1) is 29.3. The summed E-state index contributed by atoms with van der Waals surface area (Å²) in [6.45, 7) is 25.0. The lowest BCUT2D eigenvalue weighted by Crippen LogP contribution is -2.52. The Morgan fingerprint density at radius 3 is 2.31 bits per heavy atom. The van der Waals surface area contributed by atoms with Gasteiger partial charge in [-0.2, -0.15) is 0 Å². The van der Waals surface area contributed by atoms with Crippen LogP contribution in [-0.4, -0.2) is 40.0 Å². The maximum absolute atomic E-state index is 6.97. The predicted octanol–water partition coefficient (Wildman–Crippen LogP) is 8.06. The van der Waals surface area contributed by atoms with E-state index in [-0.39, 0.29) is 22.0 Å². The second kappa shape index (κ2) is 10.9. The van der Waals surface area contributed by atoms with Crippen LogP contribution in [0.25, 0.3) is 0 Å². The molecule has 0 bridgehead atoms. The summed E-state index contributed by atoms with van der Waals surface area (Å²) in [6.07, 6.45) is 6.57. The van der Waals surface area contributed by atoms with E-state index in [1.807, 2.05) is 19.9 Å². The molecule has 1 aliphatic heterocycles. The van der Waals surface area contributed by atoms with E-state index in [1.54, 1.807) is 0 Å². The molecule has 4 nitrogen and oxygen atoms in total. The maximum Gasteiger partial charge on any atom is 0.192 e. The Balaban J connectivity index is 1.98. The Kier molecular flexibility index (Phi) is 8.84. The summed E-state index contributed by atoms with van der Waals surface area (Å²) < 4.78 is 25.8. The zero-order valence-corrected chi connectivity index (χ0v) is 25.5. The van der Waals surface area contributed by atoms with Crippen LogP contribution in [0.2, 0.25) is 18.1 Å². The fourth-order valence-electron chi connectivity index (χ4n) is 5.39. The van der Waals surface area contributed by atoms with Crippen LogP contribution >= 0.6 is 0 Å². The van der Waals surface area contributed by atoms with Gasteiger partial charge in [0, 0.05) is 17.4 Å². The van der Waals surface area contributed by atoms with Crippen molar-refractivity contribution in [3.8, 4) is 0 Å². The number of hydrogen-bond donors (Lipinski definition) is 0. The highest BCUT2D eigenvalue weighted by Gasteiger charge is 2.53. The quantitative estimate of drug-likeness (QED) is 0.247. The van der Waals surface area contributed by atoms with E-state index < -0.39 is 14.1 Å². The number of allylic oxidation sites excluding steroid dienone is 1. The van der Waals surface area contributed by atoms with Crippen molar-refractivity contribution >= 4 is 8.32 Å². The normalized spacial score (nSPS) is 29.3. The number of benzene rings is 1. The van der Waals surface area contributed by atoms with Crippen molar-refractivity contribution in [1.29, 1.82) is 0 Å². The maximum atomic E-state index is 6.97. The molecule has 1 aliphatic carbocycles. The molecule has 1 fully saturated rings. The molecule has 1 heterocycles. The Hall–Kier alpha value is -1.24. The Morgan fingerprint density at radius 1 is 1.08 bits per heavy atom. The molecular weight excluding hydrogens is 464 g/mol. The van der Waals surface area contributed by atoms with Gasteiger partial charge in [-0.3, -0.25) is 0 Å². The third-order valence-corrected chi connectivity index (χ3v) is 13.6. The predicted molar refractivity (Wildman–Crippen MR) is 151 cm³/mol. The van der Waals surface area contributed by atoms with Gasteiger partial charge in [0.2, 0.25) is 0 Å². The lowest BCUT2D eigenvalue weighted by Gasteiger charge is -2.53. The summed E-state index contributed by atoms with van der Waals surface area (Å²) in [4.78, 5) is 0. The lowest BCUT2D eigenvalue weighted by molar-refractivity contribution is -0.135. The summed E-state index contributed by atoms with van der Waals surface area (Å²) in [5, 5.41) is 0.151. The summed E-state index contributed by atoms with van der Waals surface area (Å²) in [7, 11) is -1.95. The number of rotatable bonds is 9. The van der Waals surface area contributed by atoms with Crippen LogP contribution in [-0.2, 0) is 25.2 Å². The van der Waals surface area contributed by atoms with E-state index in [1.165, 1.54) is 16.7 Å². The minimum atomic E-state index is -1.95. The molecule has 0 amide bonds. The molecule has 3 atom stereocenters. The minimum absolute atomic E-state index is 0.000962. The van der Waals surface area contributed by atoms with Gasteiger partial charge >= 0.3 is 0 Å². The Morgan fingerprint density at radius 2 is 1.75 bits per heavy atom. The van der Waals surface area contributed by atoms with E-state index >= 15 is 0 Å². The van der Waals surface area contributed by atoms with Crippen LogP contribution in [0.1, 0.15) is 73.8 Å². The molecule has 3 rings (SSSR count). The van der Waals surface area contributed by atoms with Crippen molar-refractivity contribution < 1.29 is 18.6 Å². The highest BCUT2D eigenvalue weighted by molar-refractivity contribution is 6.74. The zero-order chi connectivity index (χ0) is 26.8. The van der Waals surface area contributed by atoms with Gasteiger partial charge in [0.05, 0.1) is 19.8 Å². The molecule has 36 heavy (non-hydrogen) atoms. The van der Waals surface area contributed by atoms with Crippen molar-refractivity contribution in [3.63, 3.8) is 0 Å². The van der Waals surface area contributed by atoms with Gasteiger partial charge in [-0.15, -0.1) is 0 Å². The van der Waals surface area contributed by atoms with E-state index in [0.717, 1.165) is 12.8 Å². The molecule has 0 radical (unpaired) electrons. The average Bonchev–Trinajstić information content (AvgIpc) is 3.16. The third kappa shape index (κ3) is 6.07. The molecule has 202 valence electrons. The average molecular weight is 515 g/mol. The van der Waals surface area contributed by atoms with Gasteiger partial charge < -0.3 is 18.6 Å². The van der Waals surface area contributed by atoms with Crippen molar-refractivity contribution in [3.05, 3.63) is 59.2 Å². The molecule has 1 saturated heterocycles. The fourth-order valence-corrected chi connectivity index (χ4v) is 6.48. The number of hydrogen-bond acceptors (Lipinski definition) is 4. The number of ether oxygens (including phenoxy) is 3. The summed E-state index contributed by atoms with van der Waals surface area (Å²) >= 11 is 0. The molecule has 5 heteroatoms. The highest BCUT2D eigenvalue weighted by Crippen LogP contribution is 2.56. The van der Waals surface area contributed by atoms with Crippen LogP contribution < -0.4 is 0 Å². The van der Waals surface area contributed by atoms with E-state index in [4.69, 9.17) is 18.6 Å². The first-order chi connectivity index (χ1) is 16.7. The lowest BCUT2D eigenvalue weighted by atomic mass is 9.55. The Labute approximate surface area is 221 Å². The van der Waals surface area contributed by atoms with Crippen LogP contribution in [0, 0.1) is 10.8 Å². The molecule has 0 N–H and O–H groups in total. The monoisotopic (exact) mass is 514 g/mol. The second-order valence-electron chi connectivity index (χ2n) is 13.0. The first-order valence-corrected chi connectivity index (χ1v) is 16.5. The van der Waals surface area contributed by atoms with E-state index in [2.05, 4.69) is 91.1 Å². The van der Waals surface area contributed by atoms with Gasteiger partial charge in [-0.25, -0.2) is 0 Å². The topological polar surface area (TPSA) is 36.9 Å². The Bertz CT molecular complexity index is 943. The van der Waals surface area contributed by atoms with E-state index in [9.17, 15) is 0 Å². The first-order valence-electron chi connectivity index (χ1n) is 13.6. The van der Waals surface area contributed by atoms with Gasteiger partial charge in [0.15, 0.2) is 14.1 Å². The van der Waals surface area contributed by atoms with Crippen LogP contribution in [0.3, 0.4) is 0 Å². The molecule has 0 spiro atoms. The standard InChI is InChI=1S/C31H50O4Si/c1-11-18-31(23-32-20-25-15-13-12-14-16-25)19-17-26(27-21-33-29(6,7)35-27)24(2)30(31,8)22-34-36(9,10)28(3,4)5/h11-16,18,27H,17,19-23H2,1-10H3/b18-11+/t27-,30-,31+/m0/s1. The van der Waals surface area contributed by atoms with Crippen molar-refractivity contribution in [2.24, 2.45) is 10.8 Å². The van der Waals surface area contributed by atoms with Gasteiger partial charge in [-0.1, -0.05) is 75.8 Å². The summed E-state index contributed by atoms with van der Waals surface area (Å²) in [5.41, 5.74) is 3.57. The van der Waals surface area contributed by atoms with Crippen molar-refractivity contribution in [2.75, 3.05) is 19.8 Å².